The highest BCUT2D eigenvalue weighted by Gasteiger charge is 2.78. The average molecular weight is 1510 g/mol. The summed E-state index contributed by atoms with van der Waals surface area (Å²) < 4.78 is 47.1. The summed E-state index contributed by atoms with van der Waals surface area (Å²) in [7, 11) is 0. The number of alkyl carbamates (subject to hydrolysis) is 1. The molecule has 4 aliphatic carbocycles. The van der Waals surface area contributed by atoms with E-state index >= 15 is 0 Å². The van der Waals surface area contributed by atoms with Gasteiger partial charge in [-0.1, -0.05) is 121 Å². The molecule has 592 valence electrons. The van der Waals surface area contributed by atoms with Crippen molar-refractivity contribution in [2.75, 3.05) is 95.9 Å². The minimum atomic E-state index is -1.35. The molecular formula is C83H111N7O19. The molecule has 3 saturated carbocycles. The van der Waals surface area contributed by atoms with Gasteiger partial charge in [-0.25, -0.2) is 9.59 Å². The number of hydrogen-bond donors (Lipinski definition) is 7. The molecule has 3 aromatic carbocycles. The summed E-state index contributed by atoms with van der Waals surface area (Å²) in [6, 6.07) is 20.2. The number of ketones is 4. The highest BCUT2D eigenvalue weighted by Crippen LogP contribution is 2.74. The van der Waals surface area contributed by atoms with Crippen molar-refractivity contribution < 1.29 is 90.9 Å². The molecule has 0 bridgehead atoms. The molecule has 26 heteroatoms. The number of amides is 7. The molecule has 109 heavy (non-hydrogen) atoms. The molecule has 12 atom stereocenters. The first-order chi connectivity index (χ1) is 52.3. The van der Waals surface area contributed by atoms with E-state index in [2.05, 4.69) is 66.1 Å². The molecule has 4 fully saturated rings. The molecule has 26 nitrogen and oxygen atoms in total. The first-order valence-corrected chi connectivity index (χ1v) is 38.6. The van der Waals surface area contributed by atoms with Crippen LogP contribution in [0.15, 0.2) is 96.6 Å². The molecule has 1 saturated heterocycles. The van der Waals surface area contributed by atoms with Crippen molar-refractivity contribution >= 4 is 70.3 Å². The summed E-state index contributed by atoms with van der Waals surface area (Å²) in [5.74, 6) is 3.26. The molecule has 9 rings (SSSR count). The van der Waals surface area contributed by atoms with Crippen LogP contribution < -0.4 is 37.2 Å². The first-order valence-electron chi connectivity index (χ1n) is 38.6. The smallest absolute Gasteiger partial charge is 0.407 e. The Balaban J connectivity index is 0.605. The zero-order valence-electron chi connectivity index (χ0n) is 64.2. The summed E-state index contributed by atoms with van der Waals surface area (Å²) in [6.07, 6.45) is 6.70. The van der Waals surface area contributed by atoms with Crippen LogP contribution in [0, 0.1) is 57.7 Å². The van der Waals surface area contributed by atoms with E-state index in [0.717, 1.165) is 40.8 Å². The highest BCUT2D eigenvalue weighted by molar-refractivity contribution is 6.02. The Kier molecular flexibility index (Phi) is 30.9. The Morgan fingerprint density at radius 3 is 2.11 bits per heavy atom. The Morgan fingerprint density at radius 1 is 0.725 bits per heavy atom. The molecule has 2 aliphatic heterocycles. The van der Waals surface area contributed by atoms with Crippen molar-refractivity contribution in [2.45, 2.75) is 182 Å². The molecule has 0 spiro atoms. The molecule has 0 aromatic heterocycles. The lowest BCUT2D eigenvalue weighted by Crippen LogP contribution is -2.67. The van der Waals surface area contributed by atoms with Crippen LogP contribution in [-0.2, 0) is 89.4 Å². The summed E-state index contributed by atoms with van der Waals surface area (Å²) in [5.41, 5.74) is 7.31. The van der Waals surface area contributed by atoms with E-state index < -0.39 is 76.2 Å². The van der Waals surface area contributed by atoms with Gasteiger partial charge in [0.15, 0.2) is 29.2 Å². The van der Waals surface area contributed by atoms with E-state index in [9.17, 15) is 53.1 Å². The molecule has 1 unspecified atom stereocenters. The maximum absolute atomic E-state index is 14.7. The van der Waals surface area contributed by atoms with Gasteiger partial charge in [0.1, 0.15) is 19.0 Å². The Bertz CT molecular complexity index is 3830. The molecular weight excluding hydrogens is 1400 g/mol. The van der Waals surface area contributed by atoms with Gasteiger partial charge in [-0.05, 0) is 122 Å². The van der Waals surface area contributed by atoms with E-state index in [1.807, 2.05) is 61.5 Å². The van der Waals surface area contributed by atoms with Crippen LogP contribution >= 0.6 is 0 Å². The number of aliphatic hydroxyl groups is 1. The predicted octanol–water partition coefficient (Wildman–Crippen LogP) is 8.45. The van der Waals surface area contributed by atoms with Crippen LogP contribution in [0.2, 0.25) is 0 Å². The van der Waals surface area contributed by atoms with Gasteiger partial charge in [0, 0.05) is 97.1 Å². The number of para-hydroxylation sites is 1. The van der Waals surface area contributed by atoms with Crippen LogP contribution in [0.25, 0.3) is 0 Å². The molecule has 0 radical (unpaired) electrons. The summed E-state index contributed by atoms with van der Waals surface area (Å²) in [6.45, 7) is 16.7. The van der Waals surface area contributed by atoms with Crippen molar-refractivity contribution in [3.05, 3.63) is 119 Å². The number of urea groups is 1. The third-order valence-electron chi connectivity index (χ3n) is 22.8. The van der Waals surface area contributed by atoms with Gasteiger partial charge in [0.05, 0.1) is 89.9 Å². The summed E-state index contributed by atoms with van der Waals surface area (Å²) >= 11 is 0. The van der Waals surface area contributed by atoms with Crippen molar-refractivity contribution in [1.82, 2.24) is 21.3 Å². The third kappa shape index (κ3) is 21.3. The maximum atomic E-state index is 14.7. The van der Waals surface area contributed by atoms with E-state index in [0.29, 0.717) is 76.3 Å². The lowest BCUT2D eigenvalue weighted by molar-refractivity contribution is -0.225. The standard InChI is InChI=1S/C83H111N7O19/c1-8-15-75-108-71-49-65-66-46-55(4)64-48-63(92)30-33-80(64,5)82(66,7)69(94)50-81(65,6)83(71,109-75)70(95)53-106-37-31-62(91)20-14-35-87-79(101)107-52-56-22-26-61(27-23-56)88-77(99)59(19-13-34-86-78(84)100)47-68(93)76(54(2)3)89-73(97)32-38-102-40-42-104-44-45-105-43-41-103-39-36-85-72(96)28-29-74(98)90-51-60-18-10-9-16-57(60)24-25-58-17-11-12-21-67(58)90/h9-12,16-18,21-23,26-27,30,33,48,54-55,59,65-66,69,71,75-76,94H,8,13-15,19-20,28-29,31-32,34-47,49-53H2,1-7H3,(H,85,96)(H,87,101)(H,88,99)(H,89,97)(H3,84,86,100)/t55-,59+,65-,66-,69-,71+,75?,76-,80-,81-,82+,83+/m0/s1. The number of nitrogens with zero attached hydrogens (tertiary/aromatic N) is 1. The largest absolute Gasteiger partial charge is 0.445 e. The molecule has 8 N–H and O–H groups in total. The van der Waals surface area contributed by atoms with E-state index in [1.165, 1.54) is 0 Å². The average Bonchev–Trinajstić information content (AvgIpc) is 1.25. The number of allylic oxidation sites excluding steroid dienone is 4. The van der Waals surface area contributed by atoms with Crippen molar-refractivity contribution in [2.24, 2.45) is 51.6 Å². The van der Waals surface area contributed by atoms with Gasteiger partial charge >= 0.3 is 12.1 Å². The Morgan fingerprint density at radius 2 is 1.39 bits per heavy atom. The number of Topliss-reactive ketones (excluding diaryl/α,β-unsaturated/α-hetero) is 3. The summed E-state index contributed by atoms with van der Waals surface area (Å²) in [5, 5.41) is 26.0. The van der Waals surface area contributed by atoms with Crippen LogP contribution in [-0.4, -0.2) is 180 Å². The van der Waals surface area contributed by atoms with Gasteiger partial charge in [-0.2, -0.15) is 0 Å². The number of nitrogens with two attached hydrogens (primary N) is 1. The number of rotatable bonds is 43. The second-order valence-electron chi connectivity index (χ2n) is 30.3. The number of benzene rings is 3. The number of ether oxygens (including phenoxy) is 8. The first kappa shape index (κ1) is 84.5. The van der Waals surface area contributed by atoms with E-state index in [4.69, 9.17) is 43.6 Å². The van der Waals surface area contributed by atoms with Gasteiger partial charge in [0.25, 0.3) is 0 Å². The zero-order chi connectivity index (χ0) is 78.3. The number of aliphatic hydroxyl groups excluding tert-OH is 1. The Hall–Kier alpha value is -8.52. The number of primary amides is 1. The van der Waals surface area contributed by atoms with E-state index in [-0.39, 0.29) is 169 Å². The topological polar surface area (TPSA) is 354 Å². The van der Waals surface area contributed by atoms with Crippen LogP contribution in [0.3, 0.4) is 0 Å². The van der Waals surface area contributed by atoms with Crippen molar-refractivity contribution in [3.63, 3.8) is 0 Å². The quantitative estimate of drug-likeness (QED) is 0.0206. The minimum Gasteiger partial charge on any atom is -0.445 e. The normalized spacial score (nSPS) is 24.7. The summed E-state index contributed by atoms with van der Waals surface area (Å²) in [4.78, 5) is 133. The van der Waals surface area contributed by atoms with Gasteiger partial charge in [0.2, 0.25) is 23.6 Å². The maximum Gasteiger partial charge on any atom is 0.407 e. The third-order valence-corrected chi connectivity index (χ3v) is 22.8. The van der Waals surface area contributed by atoms with Crippen LogP contribution in [0.1, 0.15) is 161 Å². The number of carbonyl (C=O) groups is 10. The van der Waals surface area contributed by atoms with Crippen LogP contribution in [0.4, 0.5) is 21.0 Å². The lowest BCUT2D eigenvalue weighted by Gasteiger charge is -2.66. The molecule has 3 aromatic rings. The number of hydrogen-bond acceptors (Lipinski definition) is 19. The van der Waals surface area contributed by atoms with E-state index in [1.54, 1.807) is 55.2 Å². The highest BCUT2D eigenvalue weighted by atomic mass is 16.7. The zero-order valence-corrected chi connectivity index (χ0v) is 64.2. The number of fused-ring (bicyclic) bond motifs is 9. The van der Waals surface area contributed by atoms with Crippen LogP contribution in [0.5, 0.6) is 0 Å². The lowest BCUT2D eigenvalue weighted by atomic mass is 9.38. The fraction of sp³-hybridized carbons (Fsp3) is 0.590. The second kappa shape index (κ2) is 39.9. The minimum absolute atomic E-state index is 0.00210. The number of anilines is 2. The van der Waals surface area contributed by atoms with Crippen molar-refractivity contribution in [3.8, 4) is 11.8 Å². The van der Waals surface area contributed by atoms with Crippen molar-refractivity contribution in [1.29, 1.82) is 0 Å². The second-order valence-corrected chi connectivity index (χ2v) is 30.3. The van der Waals surface area contributed by atoms with Gasteiger partial charge in [-0.3, -0.25) is 38.4 Å². The number of nitrogens with one attached hydrogen (secondary N) is 5. The fourth-order valence-electron chi connectivity index (χ4n) is 16.8. The molecule has 6 aliphatic rings. The number of carbonyl (C=O) groups excluding carboxylic acids is 10. The monoisotopic (exact) mass is 1510 g/mol. The van der Waals surface area contributed by atoms with Gasteiger partial charge < -0.3 is 80.2 Å². The molecule has 2 heterocycles. The SMILES string of the molecule is CCCC1O[C@@H]2C[C@H]3[C@@H]4C[C@H](C)C5=CC(=O)C=C[C@]5(C)[C@@]4(C)[C@@H](O)C[C@]3(C)[C@]2(C(=O)COCCC(=O)CCCNC(=O)OCc2ccc(NC(=O)[C@H](CCCNC(N)=O)CC(=O)[C@@H](NC(=O)CCOCCOCCOCCOCCNC(=O)CCC(=O)N3Cc4ccccc4C#Cc4ccccc43)C(C)C)cc2)O1. The molecule has 7 amide bonds. The fourth-order valence-corrected chi connectivity index (χ4v) is 16.8. The van der Waals surface area contributed by atoms with Gasteiger partial charge in [-0.15, -0.1) is 0 Å². The Labute approximate surface area is 639 Å². The predicted molar refractivity (Wildman–Crippen MR) is 405 cm³/mol.